The summed E-state index contributed by atoms with van der Waals surface area (Å²) in [4.78, 5) is 24.5. The fraction of sp³-hybridized carbons (Fsp3) is 0.400. The molecule has 0 aromatic heterocycles. The molecule has 142 valence electrons. The van der Waals surface area contributed by atoms with E-state index in [2.05, 4.69) is 40.7 Å². The van der Waals surface area contributed by atoms with Crippen LogP contribution in [-0.4, -0.2) is 41.2 Å². The van der Waals surface area contributed by atoms with Gasteiger partial charge in [0.1, 0.15) is 0 Å². The van der Waals surface area contributed by atoms with Gasteiger partial charge < -0.3 is 9.84 Å². The number of carbonyl (C=O) groups excluding carboxylic acids is 2. The molecule has 0 saturated carbocycles. The fourth-order valence-corrected chi connectivity index (χ4v) is 4.28. The lowest BCUT2D eigenvalue weighted by Gasteiger charge is -2.34. The van der Waals surface area contributed by atoms with Crippen LogP contribution >= 0.6 is 21.6 Å². The van der Waals surface area contributed by atoms with Crippen molar-refractivity contribution in [2.75, 3.05) is 18.6 Å². The number of allylic oxidation sites excluding steroid dienone is 3. The van der Waals surface area contributed by atoms with Gasteiger partial charge >= 0.3 is 6.09 Å². The smallest absolute Gasteiger partial charge is 0.411 e. The normalized spacial score (nSPS) is 26.4. The quantitative estimate of drug-likeness (QED) is 0.418. The second kappa shape index (κ2) is 9.75. The van der Waals surface area contributed by atoms with E-state index in [4.69, 9.17) is 0 Å². The number of hydrogen-bond donors (Lipinski definition) is 2. The molecule has 7 heteroatoms. The Balaban J connectivity index is 2.65. The molecule has 2 N–H and O–H groups in total. The molecular weight excluding hydrogens is 382 g/mol. The molecule has 2 atom stereocenters. The molecule has 0 unspecified atom stereocenters. The average molecular weight is 404 g/mol. The van der Waals surface area contributed by atoms with Crippen molar-refractivity contribution in [1.29, 1.82) is 0 Å². The lowest BCUT2D eigenvalue weighted by molar-refractivity contribution is -0.119. The molecule has 2 rings (SSSR count). The van der Waals surface area contributed by atoms with E-state index in [1.807, 2.05) is 13.0 Å². The van der Waals surface area contributed by atoms with Crippen LogP contribution in [0, 0.1) is 29.6 Å². The Morgan fingerprint density at radius 1 is 1.44 bits per heavy atom. The predicted molar refractivity (Wildman–Crippen MR) is 110 cm³/mol. The number of ether oxygens (including phenoxy) is 1. The summed E-state index contributed by atoms with van der Waals surface area (Å²) in [6, 6.07) is 0. The Morgan fingerprint density at radius 2 is 2.19 bits per heavy atom. The van der Waals surface area contributed by atoms with Crippen molar-refractivity contribution >= 4 is 33.5 Å². The second-order valence-corrected chi connectivity index (χ2v) is 8.58. The minimum atomic E-state index is -1.62. The van der Waals surface area contributed by atoms with Crippen LogP contribution in [0.2, 0.25) is 0 Å². The summed E-state index contributed by atoms with van der Waals surface area (Å²) < 4.78 is 4.65. The van der Waals surface area contributed by atoms with Gasteiger partial charge in [0.15, 0.2) is 11.4 Å². The standard InChI is InChI=1S/C20H21NO4S2/c1-4-26-27-12-10-15-17-14(2)9-7-5-6-8-11-20(15,24)13-16(22)18(17)21-19(23)25-3/h5-6,10,14,24H,4,12-13H2,1-3H3,(H,21,23)/b6-5-,15-10+/t14-,20-/m0/s1. The maximum Gasteiger partial charge on any atom is 0.411 e. The van der Waals surface area contributed by atoms with Gasteiger partial charge in [-0.05, 0) is 24.6 Å². The zero-order valence-electron chi connectivity index (χ0n) is 15.4. The van der Waals surface area contributed by atoms with Gasteiger partial charge in [-0.1, -0.05) is 58.3 Å². The van der Waals surface area contributed by atoms with Crippen molar-refractivity contribution in [3.8, 4) is 23.7 Å². The lowest BCUT2D eigenvalue weighted by Crippen LogP contribution is -2.44. The number of ketones is 1. The molecule has 0 aliphatic heterocycles. The van der Waals surface area contributed by atoms with Gasteiger partial charge in [0.2, 0.25) is 0 Å². The molecule has 0 heterocycles. The van der Waals surface area contributed by atoms with Crippen LogP contribution < -0.4 is 5.32 Å². The van der Waals surface area contributed by atoms with Crippen molar-refractivity contribution in [2.45, 2.75) is 25.9 Å². The average Bonchev–Trinajstić information content (AvgIpc) is 2.63. The highest BCUT2D eigenvalue weighted by Gasteiger charge is 2.43. The van der Waals surface area contributed by atoms with E-state index in [-0.39, 0.29) is 12.1 Å². The summed E-state index contributed by atoms with van der Waals surface area (Å²) >= 11 is 0. The van der Waals surface area contributed by atoms with E-state index in [1.165, 1.54) is 7.11 Å². The topological polar surface area (TPSA) is 75.6 Å². The predicted octanol–water partition coefficient (Wildman–Crippen LogP) is 2.84. The number of methoxy groups -OCH3 is 1. The Hall–Kier alpha value is -2.06. The van der Waals surface area contributed by atoms with Crippen LogP contribution in [0.15, 0.2) is 35.1 Å². The van der Waals surface area contributed by atoms with E-state index in [0.29, 0.717) is 16.9 Å². The van der Waals surface area contributed by atoms with E-state index in [1.54, 1.807) is 33.7 Å². The number of hydrogen-bond acceptors (Lipinski definition) is 6. The second-order valence-electron chi connectivity index (χ2n) is 5.79. The summed E-state index contributed by atoms with van der Waals surface area (Å²) in [7, 11) is 4.57. The van der Waals surface area contributed by atoms with Crippen LogP contribution in [0.25, 0.3) is 0 Å². The first-order chi connectivity index (χ1) is 12.9. The number of nitrogens with one attached hydrogen (secondary N) is 1. The Labute approximate surface area is 167 Å². The van der Waals surface area contributed by atoms with Gasteiger partial charge in [0.05, 0.1) is 19.2 Å². The number of aliphatic hydroxyl groups is 1. The minimum absolute atomic E-state index is 0.110. The molecule has 1 amide bonds. The summed E-state index contributed by atoms with van der Waals surface area (Å²) in [5.74, 6) is 12.2. The third kappa shape index (κ3) is 5.23. The molecule has 0 radical (unpaired) electrons. The zero-order chi connectivity index (χ0) is 19.9. The van der Waals surface area contributed by atoms with Crippen molar-refractivity contribution in [3.05, 3.63) is 35.1 Å². The van der Waals surface area contributed by atoms with Crippen LogP contribution in [-0.2, 0) is 9.53 Å². The molecule has 0 saturated heterocycles. The number of alkyl carbamates (subject to hydrolysis) is 1. The van der Waals surface area contributed by atoms with Crippen LogP contribution in [0.3, 0.4) is 0 Å². The summed E-state index contributed by atoms with van der Waals surface area (Å²) in [6.45, 7) is 3.89. The highest BCUT2D eigenvalue weighted by molar-refractivity contribution is 8.76. The monoisotopic (exact) mass is 403 g/mol. The maximum absolute atomic E-state index is 12.7. The molecular formula is C20H21NO4S2. The fourth-order valence-electron chi connectivity index (χ4n) is 2.79. The van der Waals surface area contributed by atoms with Crippen LogP contribution in [0.1, 0.15) is 20.3 Å². The first-order valence-corrected chi connectivity index (χ1v) is 10.9. The highest BCUT2D eigenvalue weighted by atomic mass is 33.1. The summed E-state index contributed by atoms with van der Waals surface area (Å²) in [5.41, 5.74) is -0.511. The van der Waals surface area contributed by atoms with Gasteiger partial charge in [-0.25, -0.2) is 4.79 Å². The Kier molecular flexibility index (Phi) is 7.67. The third-order valence-corrected chi connectivity index (χ3v) is 6.25. The molecule has 0 spiro atoms. The van der Waals surface area contributed by atoms with Crippen LogP contribution in [0.4, 0.5) is 4.79 Å². The van der Waals surface area contributed by atoms with E-state index in [9.17, 15) is 14.7 Å². The van der Waals surface area contributed by atoms with E-state index < -0.39 is 23.4 Å². The lowest BCUT2D eigenvalue weighted by atomic mass is 9.73. The Morgan fingerprint density at radius 3 is 2.89 bits per heavy atom. The van der Waals surface area contributed by atoms with E-state index >= 15 is 0 Å². The number of fused-ring (bicyclic) bond motifs is 2. The molecule has 5 nitrogen and oxygen atoms in total. The van der Waals surface area contributed by atoms with Crippen molar-refractivity contribution < 1.29 is 19.4 Å². The zero-order valence-corrected chi connectivity index (χ0v) is 17.1. The summed E-state index contributed by atoms with van der Waals surface area (Å²) in [5, 5.41) is 13.7. The van der Waals surface area contributed by atoms with Gasteiger partial charge in [0, 0.05) is 23.0 Å². The first-order valence-electron chi connectivity index (χ1n) is 8.41. The van der Waals surface area contributed by atoms with Crippen molar-refractivity contribution in [1.82, 2.24) is 5.32 Å². The molecule has 2 aliphatic rings. The van der Waals surface area contributed by atoms with Gasteiger partial charge in [-0.15, -0.1) is 0 Å². The molecule has 27 heavy (non-hydrogen) atoms. The van der Waals surface area contributed by atoms with E-state index in [0.717, 1.165) is 5.75 Å². The largest absolute Gasteiger partial charge is 0.453 e. The third-order valence-electron chi connectivity index (χ3n) is 3.93. The number of rotatable bonds is 5. The maximum atomic E-state index is 12.7. The Bertz CT molecular complexity index is 836. The van der Waals surface area contributed by atoms with Crippen LogP contribution in [0.5, 0.6) is 0 Å². The van der Waals surface area contributed by atoms with Crippen molar-refractivity contribution in [2.24, 2.45) is 5.92 Å². The first kappa shape index (κ1) is 21.2. The molecule has 0 aromatic rings. The van der Waals surface area contributed by atoms with Crippen molar-refractivity contribution in [3.63, 3.8) is 0 Å². The molecule has 2 bridgehead atoms. The van der Waals surface area contributed by atoms with Gasteiger partial charge in [0.25, 0.3) is 0 Å². The molecule has 0 aromatic carbocycles. The van der Waals surface area contributed by atoms with Gasteiger partial charge in [-0.2, -0.15) is 0 Å². The number of Topliss-reactive ketones (excluding diaryl/α,β-unsaturated/α-hetero) is 1. The molecule has 0 fully saturated rings. The summed E-state index contributed by atoms with van der Waals surface area (Å²) in [6.07, 6.45) is 4.04. The minimum Gasteiger partial charge on any atom is -0.453 e. The highest BCUT2D eigenvalue weighted by Crippen LogP contribution is 2.39. The SMILES string of the molecule is CCSSC/C=C1\C2=C(NC(=O)OC)C(=O)C[C@@]1(O)C#C/C=C\C#C[C@@H]2C. The number of carbonyl (C=O) groups is 2. The number of amides is 1. The van der Waals surface area contributed by atoms with Gasteiger partial charge in [-0.3, -0.25) is 10.1 Å². The molecule has 2 aliphatic carbocycles.